The van der Waals surface area contributed by atoms with Gasteiger partial charge in [0.05, 0.1) is 11.6 Å². The molecule has 0 saturated carbocycles. The Kier molecular flexibility index (Phi) is 2.27. The lowest BCUT2D eigenvalue weighted by Crippen LogP contribution is -2.24. The van der Waals surface area contributed by atoms with Crippen LogP contribution in [0.5, 0.6) is 0 Å². The fourth-order valence-corrected chi connectivity index (χ4v) is 2.29. The molecule has 0 bridgehead atoms. The first-order chi connectivity index (χ1) is 6.27. The highest BCUT2D eigenvalue weighted by Gasteiger charge is 2.21. The SMILES string of the molecule is Cc1cccc(N2CSCC2=O)c1. The molecule has 0 spiro atoms. The predicted octanol–water partition coefficient (Wildman–Crippen LogP) is 2.03. The maximum absolute atomic E-state index is 11.4. The van der Waals surface area contributed by atoms with Gasteiger partial charge in [-0.05, 0) is 24.6 Å². The minimum Gasteiger partial charge on any atom is -0.302 e. The van der Waals surface area contributed by atoms with Gasteiger partial charge in [0.25, 0.3) is 0 Å². The highest BCUT2D eigenvalue weighted by atomic mass is 32.2. The molecule has 1 saturated heterocycles. The molecule has 1 aliphatic heterocycles. The molecular formula is C10H11NOS. The number of benzene rings is 1. The van der Waals surface area contributed by atoms with E-state index < -0.39 is 0 Å². The second-order valence-electron chi connectivity index (χ2n) is 3.14. The first kappa shape index (κ1) is 8.63. The number of carbonyl (C=O) groups is 1. The fraction of sp³-hybridized carbons (Fsp3) is 0.300. The summed E-state index contributed by atoms with van der Waals surface area (Å²) in [6, 6.07) is 8.05. The fourth-order valence-electron chi connectivity index (χ4n) is 1.39. The lowest BCUT2D eigenvalue weighted by Gasteiger charge is -2.14. The largest absolute Gasteiger partial charge is 0.302 e. The molecule has 1 heterocycles. The third-order valence-electron chi connectivity index (χ3n) is 2.06. The van der Waals surface area contributed by atoms with Crippen LogP contribution >= 0.6 is 11.8 Å². The summed E-state index contributed by atoms with van der Waals surface area (Å²) in [5.41, 5.74) is 2.22. The van der Waals surface area contributed by atoms with Gasteiger partial charge >= 0.3 is 0 Å². The van der Waals surface area contributed by atoms with Gasteiger partial charge in [0.15, 0.2) is 0 Å². The molecule has 0 atom stereocenters. The molecule has 0 N–H and O–H groups in total. The van der Waals surface area contributed by atoms with Crippen LogP contribution in [-0.4, -0.2) is 17.5 Å². The average molecular weight is 193 g/mol. The lowest BCUT2D eigenvalue weighted by atomic mass is 10.2. The molecule has 13 heavy (non-hydrogen) atoms. The van der Waals surface area contributed by atoms with Crippen molar-refractivity contribution in [3.05, 3.63) is 29.8 Å². The van der Waals surface area contributed by atoms with E-state index in [1.807, 2.05) is 36.1 Å². The minimum absolute atomic E-state index is 0.218. The van der Waals surface area contributed by atoms with Crippen LogP contribution in [0.25, 0.3) is 0 Å². The Morgan fingerprint density at radius 3 is 2.92 bits per heavy atom. The molecule has 3 heteroatoms. The zero-order valence-electron chi connectivity index (χ0n) is 7.49. The van der Waals surface area contributed by atoms with Crippen LogP contribution in [0.1, 0.15) is 5.56 Å². The van der Waals surface area contributed by atoms with Crippen molar-refractivity contribution in [2.45, 2.75) is 6.92 Å². The predicted molar refractivity (Wildman–Crippen MR) is 56.0 cm³/mol. The zero-order valence-corrected chi connectivity index (χ0v) is 8.30. The summed E-state index contributed by atoms with van der Waals surface area (Å²) in [6.07, 6.45) is 0. The summed E-state index contributed by atoms with van der Waals surface area (Å²) in [6.45, 7) is 2.04. The van der Waals surface area contributed by atoms with E-state index in [9.17, 15) is 4.79 Å². The summed E-state index contributed by atoms with van der Waals surface area (Å²) in [5.74, 6) is 1.63. The molecule has 1 fully saturated rings. The van der Waals surface area contributed by atoms with Crippen molar-refractivity contribution in [1.29, 1.82) is 0 Å². The Labute approximate surface area is 81.9 Å². The topological polar surface area (TPSA) is 20.3 Å². The summed E-state index contributed by atoms with van der Waals surface area (Å²) in [5, 5.41) is 0. The molecule has 2 nitrogen and oxygen atoms in total. The van der Waals surface area contributed by atoms with Crippen molar-refractivity contribution in [2.75, 3.05) is 16.5 Å². The van der Waals surface area contributed by atoms with E-state index in [0.717, 1.165) is 11.6 Å². The Morgan fingerprint density at radius 2 is 2.31 bits per heavy atom. The number of nitrogens with zero attached hydrogens (tertiary/aromatic N) is 1. The molecule has 68 valence electrons. The highest BCUT2D eigenvalue weighted by molar-refractivity contribution is 8.00. The monoisotopic (exact) mass is 193 g/mol. The van der Waals surface area contributed by atoms with Crippen LogP contribution in [0.2, 0.25) is 0 Å². The number of amides is 1. The van der Waals surface area contributed by atoms with E-state index in [0.29, 0.717) is 5.75 Å². The summed E-state index contributed by atoms with van der Waals surface area (Å²) in [4.78, 5) is 13.2. The highest BCUT2D eigenvalue weighted by Crippen LogP contribution is 2.24. The van der Waals surface area contributed by atoms with Crippen molar-refractivity contribution in [3.63, 3.8) is 0 Å². The lowest BCUT2D eigenvalue weighted by molar-refractivity contribution is -0.115. The molecule has 0 aromatic heterocycles. The number of hydrogen-bond acceptors (Lipinski definition) is 2. The molecule has 1 aromatic rings. The smallest absolute Gasteiger partial charge is 0.237 e. The van der Waals surface area contributed by atoms with Gasteiger partial charge in [-0.3, -0.25) is 4.79 Å². The van der Waals surface area contributed by atoms with Crippen molar-refractivity contribution >= 4 is 23.4 Å². The van der Waals surface area contributed by atoms with Gasteiger partial charge in [-0.25, -0.2) is 0 Å². The van der Waals surface area contributed by atoms with Crippen LogP contribution in [0, 0.1) is 6.92 Å². The molecule has 2 rings (SSSR count). The van der Waals surface area contributed by atoms with Crippen molar-refractivity contribution in [3.8, 4) is 0 Å². The number of anilines is 1. The van der Waals surface area contributed by atoms with Crippen LogP contribution in [0.4, 0.5) is 5.69 Å². The number of thioether (sulfide) groups is 1. The van der Waals surface area contributed by atoms with E-state index in [4.69, 9.17) is 0 Å². The Bertz CT molecular complexity index is 337. The van der Waals surface area contributed by atoms with E-state index >= 15 is 0 Å². The Morgan fingerprint density at radius 1 is 1.46 bits per heavy atom. The van der Waals surface area contributed by atoms with E-state index in [-0.39, 0.29) is 5.91 Å². The van der Waals surface area contributed by atoms with Crippen LogP contribution in [-0.2, 0) is 4.79 Å². The standard InChI is InChI=1S/C10H11NOS/c1-8-3-2-4-9(5-8)11-7-13-6-10(11)12/h2-5H,6-7H2,1H3. The first-order valence-electron chi connectivity index (χ1n) is 4.22. The van der Waals surface area contributed by atoms with Crippen LogP contribution in [0.3, 0.4) is 0 Å². The van der Waals surface area contributed by atoms with Gasteiger partial charge in [-0.1, -0.05) is 12.1 Å². The minimum atomic E-state index is 0.218. The molecule has 1 aromatic carbocycles. The van der Waals surface area contributed by atoms with E-state index in [1.165, 1.54) is 5.56 Å². The van der Waals surface area contributed by atoms with Crippen molar-refractivity contribution in [1.82, 2.24) is 0 Å². The first-order valence-corrected chi connectivity index (χ1v) is 5.37. The summed E-state index contributed by atoms with van der Waals surface area (Å²) < 4.78 is 0. The maximum Gasteiger partial charge on any atom is 0.237 e. The van der Waals surface area contributed by atoms with Gasteiger partial charge in [-0.2, -0.15) is 0 Å². The van der Waals surface area contributed by atoms with E-state index in [2.05, 4.69) is 0 Å². The van der Waals surface area contributed by atoms with Crippen molar-refractivity contribution in [2.24, 2.45) is 0 Å². The second-order valence-corrected chi connectivity index (χ2v) is 4.09. The normalized spacial score (nSPS) is 16.7. The van der Waals surface area contributed by atoms with Crippen molar-refractivity contribution < 1.29 is 4.79 Å². The third kappa shape index (κ3) is 1.70. The van der Waals surface area contributed by atoms with Gasteiger partial charge in [0.2, 0.25) is 5.91 Å². The molecule has 0 unspecified atom stereocenters. The quantitative estimate of drug-likeness (QED) is 0.680. The van der Waals surface area contributed by atoms with Crippen LogP contribution < -0.4 is 4.90 Å². The van der Waals surface area contributed by atoms with Gasteiger partial charge in [-0.15, -0.1) is 11.8 Å². The average Bonchev–Trinajstić information content (AvgIpc) is 2.51. The van der Waals surface area contributed by atoms with Gasteiger partial charge < -0.3 is 4.90 Å². The zero-order chi connectivity index (χ0) is 9.26. The third-order valence-corrected chi connectivity index (χ3v) is 2.95. The Balaban J connectivity index is 2.29. The molecule has 1 amide bonds. The van der Waals surface area contributed by atoms with Crippen LogP contribution in [0.15, 0.2) is 24.3 Å². The second kappa shape index (κ2) is 3.42. The number of hydrogen-bond donors (Lipinski definition) is 0. The number of aryl methyl sites for hydroxylation is 1. The molecule has 1 aliphatic rings. The van der Waals surface area contributed by atoms with Gasteiger partial charge in [0, 0.05) is 5.69 Å². The summed E-state index contributed by atoms with van der Waals surface area (Å²) >= 11 is 1.67. The van der Waals surface area contributed by atoms with Gasteiger partial charge in [0.1, 0.15) is 0 Å². The molecular weight excluding hydrogens is 182 g/mol. The number of rotatable bonds is 1. The maximum atomic E-state index is 11.4. The number of carbonyl (C=O) groups excluding carboxylic acids is 1. The molecule has 0 aliphatic carbocycles. The summed E-state index contributed by atoms with van der Waals surface area (Å²) in [7, 11) is 0. The van der Waals surface area contributed by atoms with E-state index in [1.54, 1.807) is 11.8 Å². The Hall–Kier alpha value is -0.960. The molecule has 0 radical (unpaired) electrons.